The summed E-state index contributed by atoms with van der Waals surface area (Å²) in [4.78, 5) is 20.3. The fourth-order valence-electron chi connectivity index (χ4n) is 2.68. The maximum absolute atomic E-state index is 11.7. The van der Waals surface area contributed by atoms with Crippen molar-refractivity contribution in [2.75, 3.05) is 36.3 Å². The van der Waals surface area contributed by atoms with Gasteiger partial charge in [0.25, 0.3) is 0 Å². The van der Waals surface area contributed by atoms with Gasteiger partial charge in [0.15, 0.2) is 5.82 Å². The Morgan fingerprint density at radius 1 is 1.19 bits per heavy atom. The minimum atomic E-state index is -0.339. The Bertz CT molecular complexity index is 1110. The average molecular weight is 456 g/mol. The highest BCUT2D eigenvalue weighted by atomic mass is 35.5. The fraction of sp³-hybridized carbons (Fsp3) is 0.136. The van der Waals surface area contributed by atoms with Gasteiger partial charge in [-0.2, -0.15) is 4.98 Å². The molecule has 0 radical (unpaired) electrons. The number of benzene rings is 2. The molecule has 0 atom stereocenters. The molecule has 2 aromatic carbocycles. The van der Waals surface area contributed by atoms with Gasteiger partial charge in [0.1, 0.15) is 23.1 Å². The quantitative estimate of drug-likeness (QED) is 0.337. The van der Waals surface area contributed by atoms with Gasteiger partial charge in [-0.25, -0.2) is 4.98 Å². The van der Waals surface area contributed by atoms with E-state index >= 15 is 0 Å². The first-order valence-corrected chi connectivity index (χ1v) is 9.92. The summed E-state index contributed by atoms with van der Waals surface area (Å²) >= 11 is 6.28. The highest BCUT2D eigenvalue weighted by molar-refractivity contribution is 6.33. The van der Waals surface area contributed by atoms with Crippen LogP contribution in [0.3, 0.4) is 0 Å². The van der Waals surface area contributed by atoms with Crippen LogP contribution >= 0.6 is 11.6 Å². The summed E-state index contributed by atoms with van der Waals surface area (Å²) in [6.07, 6.45) is 2.64. The molecule has 0 aliphatic rings. The predicted octanol–water partition coefficient (Wildman–Crippen LogP) is 4.12. The van der Waals surface area contributed by atoms with E-state index in [0.717, 1.165) is 0 Å². The lowest BCUT2D eigenvalue weighted by Gasteiger charge is -2.15. The third kappa shape index (κ3) is 5.87. The van der Waals surface area contributed by atoms with Crippen molar-refractivity contribution in [3.63, 3.8) is 0 Å². The lowest BCUT2D eigenvalue weighted by molar-refractivity contribution is -0.111. The molecule has 3 rings (SSSR count). The van der Waals surface area contributed by atoms with Gasteiger partial charge >= 0.3 is 0 Å². The standard InChI is InChI=1S/C22H22ClN5O4/c1-3-20(30)25-16-6-4-5-7-17(16)26-21-15(23)13-24-22(28-21)27-18-9-8-14(32-11-10-29)12-19(18)31-2/h3-9,12-13,29H,1,10-11H2,2H3,(H,25,30)(H2,24,26,27,28). The second-order valence-corrected chi connectivity index (χ2v) is 6.72. The Morgan fingerprint density at radius 3 is 2.69 bits per heavy atom. The van der Waals surface area contributed by atoms with Crippen LogP contribution in [0.2, 0.25) is 5.02 Å². The van der Waals surface area contributed by atoms with Gasteiger partial charge in [0.05, 0.1) is 37.0 Å². The highest BCUT2D eigenvalue weighted by Gasteiger charge is 2.12. The largest absolute Gasteiger partial charge is 0.494 e. The Hall–Kier alpha value is -3.82. The second-order valence-electron chi connectivity index (χ2n) is 6.31. The van der Waals surface area contributed by atoms with Gasteiger partial charge in [-0.15, -0.1) is 0 Å². The van der Waals surface area contributed by atoms with E-state index in [1.54, 1.807) is 36.4 Å². The van der Waals surface area contributed by atoms with Crippen LogP contribution in [-0.2, 0) is 4.79 Å². The third-order valence-corrected chi connectivity index (χ3v) is 4.42. The van der Waals surface area contributed by atoms with Crippen molar-refractivity contribution in [1.29, 1.82) is 0 Å². The number of methoxy groups -OCH3 is 1. The molecular weight excluding hydrogens is 434 g/mol. The number of aliphatic hydroxyl groups excluding tert-OH is 1. The number of hydrogen-bond acceptors (Lipinski definition) is 8. The summed E-state index contributed by atoms with van der Waals surface area (Å²) in [6, 6.07) is 12.3. The number of amides is 1. The van der Waals surface area contributed by atoms with Crippen LogP contribution in [-0.4, -0.2) is 41.3 Å². The van der Waals surface area contributed by atoms with Crippen molar-refractivity contribution in [3.8, 4) is 11.5 Å². The zero-order chi connectivity index (χ0) is 22.9. The minimum Gasteiger partial charge on any atom is -0.494 e. The molecule has 9 nitrogen and oxygen atoms in total. The smallest absolute Gasteiger partial charge is 0.247 e. The van der Waals surface area contributed by atoms with Crippen molar-refractivity contribution in [2.45, 2.75) is 0 Å². The molecule has 166 valence electrons. The zero-order valence-corrected chi connectivity index (χ0v) is 18.0. The maximum atomic E-state index is 11.7. The number of halogens is 1. The Balaban J connectivity index is 1.83. The molecule has 32 heavy (non-hydrogen) atoms. The van der Waals surface area contributed by atoms with Gasteiger partial charge in [-0.1, -0.05) is 30.3 Å². The second kappa shape index (κ2) is 11.0. The monoisotopic (exact) mass is 455 g/mol. The van der Waals surface area contributed by atoms with Crippen molar-refractivity contribution in [3.05, 3.63) is 66.3 Å². The molecule has 1 aromatic heterocycles. The summed E-state index contributed by atoms with van der Waals surface area (Å²) in [5, 5.41) is 18.1. The van der Waals surface area contributed by atoms with Crippen LogP contribution in [0.5, 0.6) is 11.5 Å². The first-order chi connectivity index (χ1) is 15.5. The van der Waals surface area contributed by atoms with Crippen molar-refractivity contribution < 1.29 is 19.4 Å². The number of carbonyl (C=O) groups is 1. The number of anilines is 5. The van der Waals surface area contributed by atoms with E-state index in [2.05, 4.69) is 32.5 Å². The summed E-state index contributed by atoms with van der Waals surface area (Å²) in [6.45, 7) is 3.55. The molecule has 0 unspecified atom stereocenters. The van der Waals surface area contributed by atoms with Gasteiger partial charge in [0, 0.05) is 6.07 Å². The molecule has 3 aromatic rings. The van der Waals surface area contributed by atoms with E-state index in [1.165, 1.54) is 19.4 Å². The van der Waals surface area contributed by atoms with Crippen LogP contribution in [0.1, 0.15) is 0 Å². The van der Waals surface area contributed by atoms with Crippen LogP contribution in [0, 0.1) is 0 Å². The highest BCUT2D eigenvalue weighted by Crippen LogP contribution is 2.33. The summed E-state index contributed by atoms with van der Waals surface area (Å²) in [7, 11) is 1.53. The van der Waals surface area contributed by atoms with Gasteiger partial charge < -0.3 is 30.5 Å². The fourth-order valence-corrected chi connectivity index (χ4v) is 2.81. The summed E-state index contributed by atoms with van der Waals surface area (Å²) in [5.74, 6) is 1.33. The topological polar surface area (TPSA) is 118 Å². The predicted molar refractivity (Wildman–Crippen MR) is 124 cm³/mol. The molecule has 4 N–H and O–H groups in total. The molecule has 0 fully saturated rings. The maximum Gasteiger partial charge on any atom is 0.247 e. The summed E-state index contributed by atoms with van der Waals surface area (Å²) in [5.41, 5.74) is 1.75. The first-order valence-electron chi connectivity index (χ1n) is 9.54. The number of nitrogens with one attached hydrogen (secondary N) is 3. The minimum absolute atomic E-state index is 0.0862. The van der Waals surface area contributed by atoms with E-state index in [0.29, 0.717) is 39.4 Å². The van der Waals surface area contributed by atoms with Gasteiger partial charge in [0.2, 0.25) is 11.9 Å². The molecule has 0 aliphatic carbocycles. The first kappa shape index (κ1) is 22.9. The Kier molecular flexibility index (Phi) is 7.85. The Morgan fingerprint density at radius 2 is 1.97 bits per heavy atom. The number of nitrogens with zero attached hydrogens (tertiary/aromatic N) is 2. The molecule has 0 bridgehead atoms. The van der Waals surface area contributed by atoms with E-state index in [9.17, 15) is 4.79 Å². The number of aromatic nitrogens is 2. The van der Waals surface area contributed by atoms with E-state index < -0.39 is 0 Å². The number of para-hydroxylation sites is 2. The molecule has 10 heteroatoms. The molecule has 0 saturated carbocycles. The normalized spacial score (nSPS) is 10.2. The average Bonchev–Trinajstić information content (AvgIpc) is 2.81. The number of ether oxygens (including phenoxy) is 2. The molecule has 0 saturated heterocycles. The molecule has 1 amide bonds. The van der Waals surface area contributed by atoms with E-state index in [1.807, 2.05) is 6.07 Å². The van der Waals surface area contributed by atoms with Crippen LogP contribution in [0.25, 0.3) is 0 Å². The summed E-state index contributed by atoms with van der Waals surface area (Å²) < 4.78 is 10.8. The van der Waals surface area contributed by atoms with Crippen molar-refractivity contribution in [2.24, 2.45) is 0 Å². The number of hydrogen-bond donors (Lipinski definition) is 4. The van der Waals surface area contributed by atoms with Crippen LogP contribution < -0.4 is 25.4 Å². The molecular formula is C22H22ClN5O4. The molecule has 0 spiro atoms. The zero-order valence-electron chi connectivity index (χ0n) is 17.3. The SMILES string of the molecule is C=CC(=O)Nc1ccccc1Nc1nc(Nc2ccc(OCCO)cc2OC)ncc1Cl. The van der Waals surface area contributed by atoms with Crippen LogP contribution in [0.4, 0.5) is 28.8 Å². The number of carbonyl (C=O) groups excluding carboxylic acids is 1. The number of rotatable bonds is 10. The van der Waals surface area contributed by atoms with Crippen LogP contribution in [0.15, 0.2) is 61.3 Å². The Labute approximate surface area is 190 Å². The lowest BCUT2D eigenvalue weighted by atomic mass is 10.2. The van der Waals surface area contributed by atoms with E-state index in [-0.39, 0.29) is 25.1 Å². The van der Waals surface area contributed by atoms with E-state index in [4.69, 9.17) is 26.2 Å². The van der Waals surface area contributed by atoms with Gasteiger partial charge in [-0.3, -0.25) is 4.79 Å². The molecule has 1 heterocycles. The number of aliphatic hydroxyl groups is 1. The lowest BCUT2D eigenvalue weighted by Crippen LogP contribution is -2.09. The van der Waals surface area contributed by atoms with Gasteiger partial charge in [-0.05, 0) is 30.3 Å². The molecule has 0 aliphatic heterocycles. The third-order valence-electron chi connectivity index (χ3n) is 4.15. The van der Waals surface area contributed by atoms with Crippen molar-refractivity contribution >= 4 is 46.3 Å². The van der Waals surface area contributed by atoms with Crippen molar-refractivity contribution in [1.82, 2.24) is 9.97 Å².